The topological polar surface area (TPSA) is 43.4 Å². The fourth-order valence-electron chi connectivity index (χ4n) is 0.947. The maximum Gasteiger partial charge on any atom is 0.175 e. The van der Waals surface area contributed by atoms with Gasteiger partial charge in [-0.15, -0.1) is 0 Å². The molecule has 3 nitrogen and oxygen atoms in total. The lowest BCUT2D eigenvalue weighted by Gasteiger charge is -2.04. The Kier molecular flexibility index (Phi) is 3.83. The predicted molar refractivity (Wildman–Crippen MR) is 58.9 cm³/mol. The van der Waals surface area contributed by atoms with Gasteiger partial charge in [0.25, 0.3) is 0 Å². The average Bonchev–Trinajstić information content (AvgIpc) is 2.14. The summed E-state index contributed by atoms with van der Waals surface area (Å²) < 4.78 is 27.5. The minimum atomic E-state index is -3.11. The monoisotopic (exact) mass is 232 g/mol. The van der Waals surface area contributed by atoms with Gasteiger partial charge in [-0.3, -0.25) is 0 Å². The second-order valence-corrected chi connectivity index (χ2v) is 5.28. The molecule has 0 aromatic heterocycles. The van der Waals surface area contributed by atoms with Crippen LogP contribution >= 0.6 is 12.6 Å². The highest BCUT2D eigenvalue weighted by Gasteiger charge is 2.05. The Hall–Kier alpha value is -0.680. The summed E-state index contributed by atoms with van der Waals surface area (Å²) in [6.07, 6.45) is 1.18. The zero-order valence-electron chi connectivity index (χ0n) is 7.80. The maximum atomic E-state index is 11.1. The number of thiol groups is 1. The van der Waals surface area contributed by atoms with Gasteiger partial charge in [-0.25, -0.2) is 8.42 Å². The molecule has 0 radical (unpaired) electrons. The lowest BCUT2D eigenvalue weighted by molar-refractivity contribution is 0.344. The van der Waals surface area contributed by atoms with E-state index in [2.05, 4.69) is 12.6 Å². The van der Waals surface area contributed by atoms with Crippen molar-refractivity contribution in [2.75, 3.05) is 18.6 Å². The number of benzene rings is 1. The first-order valence-electron chi connectivity index (χ1n) is 4.08. The molecule has 1 aromatic rings. The van der Waals surface area contributed by atoms with Gasteiger partial charge < -0.3 is 4.74 Å². The summed E-state index contributed by atoms with van der Waals surface area (Å²) in [7, 11) is -3.11. The van der Waals surface area contributed by atoms with Crippen LogP contribution in [0.1, 0.15) is 0 Å². The van der Waals surface area contributed by atoms with Gasteiger partial charge in [0.05, 0.1) is 11.5 Å². The van der Waals surface area contributed by atoms with Crippen LogP contribution in [-0.4, -0.2) is 27.0 Å². The summed E-state index contributed by atoms with van der Waals surface area (Å²) in [5.74, 6) is 1.29. The molecule has 0 aliphatic rings. The smallest absolute Gasteiger partial charge is 0.175 e. The molecule has 78 valence electrons. The van der Waals surface area contributed by atoms with E-state index in [0.29, 0.717) is 23.0 Å². The fraction of sp³-hybridized carbons (Fsp3) is 0.333. The van der Waals surface area contributed by atoms with Gasteiger partial charge in [0.2, 0.25) is 0 Å². The third kappa shape index (κ3) is 3.23. The van der Waals surface area contributed by atoms with Crippen molar-refractivity contribution in [2.24, 2.45) is 0 Å². The van der Waals surface area contributed by atoms with Crippen molar-refractivity contribution in [3.63, 3.8) is 0 Å². The number of ether oxygens (including phenoxy) is 1. The molecule has 0 aliphatic carbocycles. The van der Waals surface area contributed by atoms with E-state index < -0.39 is 9.84 Å². The number of hydrogen-bond acceptors (Lipinski definition) is 4. The highest BCUT2D eigenvalue weighted by Crippen LogP contribution is 2.15. The molecule has 14 heavy (non-hydrogen) atoms. The quantitative estimate of drug-likeness (QED) is 0.798. The van der Waals surface area contributed by atoms with E-state index in [0.717, 1.165) is 0 Å². The van der Waals surface area contributed by atoms with Gasteiger partial charge in [-0.05, 0) is 24.3 Å². The SMILES string of the molecule is CS(=O)(=O)c1ccc(OCCS)cc1. The lowest BCUT2D eigenvalue weighted by atomic mass is 10.3. The minimum Gasteiger partial charge on any atom is -0.493 e. The Morgan fingerprint density at radius 3 is 2.29 bits per heavy atom. The van der Waals surface area contributed by atoms with Crippen LogP contribution in [0.2, 0.25) is 0 Å². The minimum absolute atomic E-state index is 0.302. The van der Waals surface area contributed by atoms with Crippen molar-refractivity contribution in [3.05, 3.63) is 24.3 Å². The van der Waals surface area contributed by atoms with Crippen LogP contribution in [0.5, 0.6) is 5.75 Å². The second-order valence-electron chi connectivity index (χ2n) is 2.82. The molecule has 1 aromatic carbocycles. The Balaban J connectivity index is 2.79. The first kappa shape index (κ1) is 11.4. The Morgan fingerprint density at radius 2 is 1.86 bits per heavy atom. The summed E-state index contributed by atoms with van der Waals surface area (Å²) in [6.45, 7) is 0.515. The van der Waals surface area contributed by atoms with E-state index in [1.54, 1.807) is 12.1 Å². The van der Waals surface area contributed by atoms with Crippen molar-refractivity contribution in [1.29, 1.82) is 0 Å². The van der Waals surface area contributed by atoms with E-state index in [1.165, 1.54) is 18.4 Å². The average molecular weight is 232 g/mol. The zero-order valence-corrected chi connectivity index (χ0v) is 9.51. The highest BCUT2D eigenvalue weighted by molar-refractivity contribution is 7.90. The van der Waals surface area contributed by atoms with Crippen LogP contribution in [-0.2, 0) is 9.84 Å². The molecule has 0 heterocycles. The van der Waals surface area contributed by atoms with Crippen LogP contribution in [0, 0.1) is 0 Å². The van der Waals surface area contributed by atoms with E-state index in [9.17, 15) is 8.42 Å². The number of rotatable bonds is 4. The Morgan fingerprint density at radius 1 is 1.29 bits per heavy atom. The summed E-state index contributed by atoms with van der Waals surface area (Å²) in [5, 5.41) is 0. The molecular formula is C9H12O3S2. The number of hydrogen-bond donors (Lipinski definition) is 1. The molecule has 0 amide bonds. The molecule has 0 fully saturated rings. The Labute approximate surface area is 89.4 Å². The van der Waals surface area contributed by atoms with Gasteiger partial charge >= 0.3 is 0 Å². The third-order valence-electron chi connectivity index (χ3n) is 1.61. The van der Waals surface area contributed by atoms with Crippen LogP contribution < -0.4 is 4.74 Å². The van der Waals surface area contributed by atoms with Gasteiger partial charge in [0.1, 0.15) is 5.75 Å². The van der Waals surface area contributed by atoms with Crippen LogP contribution in [0.25, 0.3) is 0 Å². The largest absolute Gasteiger partial charge is 0.493 e. The summed E-state index contributed by atoms with van der Waals surface area (Å²) in [5.41, 5.74) is 0. The molecule has 0 spiro atoms. The van der Waals surface area contributed by atoms with Crippen molar-refractivity contribution < 1.29 is 13.2 Å². The molecule has 0 bridgehead atoms. The van der Waals surface area contributed by atoms with Crippen molar-refractivity contribution in [3.8, 4) is 5.75 Å². The molecule has 0 saturated carbocycles. The van der Waals surface area contributed by atoms with Crippen LogP contribution in [0.4, 0.5) is 0 Å². The van der Waals surface area contributed by atoms with E-state index in [-0.39, 0.29) is 0 Å². The maximum absolute atomic E-state index is 11.1. The predicted octanol–water partition coefficient (Wildman–Crippen LogP) is 1.40. The molecule has 0 saturated heterocycles. The fourth-order valence-corrected chi connectivity index (χ4v) is 1.67. The van der Waals surface area contributed by atoms with E-state index >= 15 is 0 Å². The zero-order chi connectivity index (χ0) is 10.6. The molecule has 0 aliphatic heterocycles. The molecule has 1 rings (SSSR count). The van der Waals surface area contributed by atoms with Crippen molar-refractivity contribution >= 4 is 22.5 Å². The second kappa shape index (κ2) is 4.70. The van der Waals surface area contributed by atoms with Gasteiger partial charge in [-0.1, -0.05) is 0 Å². The molecule has 0 N–H and O–H groups in total. The first-order valence-corrected chi connectivity index (χ1v) is 6.60. The normalized spacial score (nSPS) is 11.3. The highest BCUT2D eigenvalue weighted by atomic mass is 32.2. The molecular weight excluding hydrogens is 220 g/mol. The van der Waals surface area contributed by atoms with Crippen LogP contribution in [0.3, 0.4) is 0 Å². The van der Waals surface area contributed by atoms with Gasteiger partial charge in [0.15, 0.2) is 9.84 Å². The van der Waals surface area contributed by atoms with Crippen molar-refractivity contribution in [2.45, 2.75) is 4.90 Å². The number of sulfone groups is 1. The molecule has 5 heteroatoms. The molecule has 0 unspecified atom stereocenters. The van der Waals surface area contributed by atoms with Crippen LogP contribution in [0.15, 0.2) is 29.2 Å². The third-order valence-corrected chi connectivity index (χ3v) is 2.92. The molecule has 0 atom stereocenters. The first-order chi connectivity index (χ1) is 6.54. The standard InChI is InChI=1S/C9H12O3S2/c1-14(10,11)9-4-2-8(3-5-9)12-6-7-13/h2-5,13H,6-7H2,1H3. The summed E-state index contributed by atoms with van der Waals surface area (Å²) in [6, 6.07) is 6.34. The van der Waals surface area contributed by atoms with E-state index in [1.807, 2.05) is 0 Å². The Bertz CT molecular complexity index is 381. The summed E-state index contributed by atoms with van der Waals surface area (Å²) in [4.78, 5) is 0.302. The van der Waals surface area contributed by atoms with Crippen molar-refractivity contribution in [1.82, 2.24) is 0 Å². The van der Waals surface area contributed by atoms with Gasteiger partial charge in [0, 0.05) is 12.0 Å². The van der Waals surface area contributed by atoms with E-state index in [4.69, 9.17) is 4.74 Å². The lowest BCUT2D eigenvalue weighted by Crippen LogP contribution is -1.99. The van der Waals surface area contributed by atoms with Gasteiger partial charge in [-0.2, -0.15) is 12.6 Å². The summed E-state index contributed by atoms with van der Waals surface area (Å²) >= 11 is 4.00.